The van der Waals surface area contributed by atoms with Crippen LogP contribution in [0, 0.1) is 0 Å². The van der Waals surface area contributed by atoms with Crippen molar-refractivity contribution in [2.75, 3.05) is 36.2 Å². The fourth-order valence-corrected chi connectivity index (χ4v) is 13.3. The molecule has 2 heterocycles. The van der Waals surface area contributed by atoms with Gasteiger partial charge in [-0.3, -0.25) is 0 Å². The van der Waals surface area contributed by atoms with Crippen LogP contribution in [0.15, 0.2) is 0 Å². The predicted molar refractivity (Wildman–Crippen MR) is 122 cm³/mol. The molecule has 0 aromatic carbocycles. The van der Waals surface area contributed by atoms with Gasteiger partial charge in [0.1, 0.15) is 0 Å². The fourth-order valence-electron chi connectivity index (χ4n) is 2.70. The third kappa shape index (κ3) is 6.88. The Labute approximate surface area is 173 Å². The summed E-state index contributed by atoms with van der Waals surface area (Å²) in [6.07, 6.45) is 2.45. The van der Waals surface area contributed by atoms with Gasteiger partial charge in [-0.15, -0.1) is 47.0 Å². The highest BCUT2D eigenvalue weighted by molar-refractivity contribution is 8.22. The summed E-state index contributed by atoms with van der Waals surface area (Å²) < 4.78 is 1.32. The molecular weight excluding hydrogens is 417 g/mol. The monoisotopic (exact) mass is 446 g/mol. The first-order chi connectivity index (χ1) is 11.7. The molecule has 2 aliphatic rings. The summed E-state index contributed by atoms with van der Waals surface area (Å²) in [5.74, 6) is 4.68. The molecule has 142 valence electrons. The summed E-state index contributed by atoms with van der Waals surface area (Å²) in [5, 5.41) is 21.0. The van der Waals surface area contributed by atoms with Crippen molar-refractivity contribution in [2.24, 2.45) is 0 Å². The molecule has 2 saturated heterocycles. The van der Waals surface area contributed by atoms with Crippen molar-refractivity contribution in [1.29, 1.82) is 0 Å². The van der Waals surface area contributed by atoms with Crippen molar-refractivity contribution in [3.05, 3.63) is 0 Å². The average molecular weight is 447 g/mol. The normalized spacial score (nSPS) is 33.0. The highest BCUT2D eigenvalue weighted by Crippen LogP contribution is 2.46. The van der Waals surface area contributed by atoms with E-state index in [1.807, 2.05) is 47.0 Å². The zero-order valence-corrected chi connectivity index (χ0v) is 19.4. The van der Waals surface area contributed by atoms with E-state index < -0.39 is 0 Å². The Balaban J connectivity index is 1.65. The Morgan fingerprint density at radius 2 is 1.25 bits per heavy atom. The van der Waals surface area contributed by atoms with Crippen molar-refractivity contribution in [1.82, 2.24) is 0 Å². The second-order valence-corrected chi connectivity index (χ2v) is 14.5. The molecule has 0 aromatic heterocycles. The van der Waals surface area contributed by atoms with Gasteiger partial charge in [0.25, 0.3) is 0 Å². The molecule has 6 unspecified atom stereocenters. The maximum atomic E-state index is 9.32. The first kappa shape index (κ1) is 22.3. The molecule has 2 aliphatic heterocycles. The molecule has 24 heavy (non-hydrogen) atoms. The predicted octanol–water partition coefficient (Wildman–Crippen LogP) is 4.34. The topological polar surface area (TPSA) is 40.5 Å². The van der Waals surface area contributed by atoms with Gasteiger partial charge in [-0.2, -0.15) is 23.5 Å². The van der Waals surface area contributed by atoms with Gasteiger partial charge < -0.3 is 10.2 Å². The lowest BCUT2D eigenvalue weighted by Gasteiger charge is -2.23. The number of thioether (sulfide) groups is 6. The second-order valence-electron chi connectivity index (χ2n) is 5.92. The second kappa shape index (κ2) is 12.5. The molecule has 0 amide bonds. The Morgan fingerprint density at radius 1 is 0.833 bits per heavy atom. The molecule has 2 nitrogen and oxygen atoms in total. The molecule has 0 radical (unpaired) electrons. The van der Waals surface area contributed by atoms with Crippen LogP contribution in [0.4, 0.5) is 0 Å². The Kier molecular flexibility index (Phi) is 11.6. The van der Waals surface area contributed by atoms with E-state index in [9.17, 15) is 10.2 Å². The van der Waals surface area contributed by atoms with E-state index in [1.165, 1.54) is 24.3 Å². The van der Waals surface area contributed by atoms with E-state index >= 15 is 0 Å². The zero-order chi connectivity index (χ0) is 17.4. The fraction of sp³-hybridized carbons (Fsp3) is 1.00. The Bertz CT molecular complexity index is 317. The maximum Gasteiger partial charge on any atom is 0.0625 e. The lowest BCUT2D eigenvalue weighted by molar-refractivity contribution is 0.301. The van der Waals surface area contributed by atoms with E-state index in [-0.39, 0.29) is 0 Å². The molecule has 0 bridgehead atoms. The Morgan fingerprint density at radius 3 is 1.54 bits per heavy atom. The molecule has 0 aliphatic carbocycles. The lowest BCUT2D eigenvalue weighted by atomic mass is 10.4. The molecule has 6 atom stereocenters. The van der Waals surface area contributed by atoms with Crippen LogP contribution in [0.25, 0.3) is 0 Å². The Hall–Kier alpha value is 2.02. The number of aliphatic hydroxyl groups is 2. The van der Waals surface area contributed by atoms with Crippen LogP contribution in [0.3, 0.4) is 0 Å². The number of hydrogen-bond acceptors (Lipinski definition) is 8. The third-order valence-electron chi connectivity index (χ3n) is 4.11. The highest BCUT2D eigenvalue weighted by atomic mass is 32.2. The average Bonchev–Trinajstić information content (AvgIpc) is 3.27. The van der Waals surface area contributed by atoms with Gasteiger partial charge in [-0.25, -0.2) is 0 Å². The molecule has 0 spiro atoms. The first-order valence-corrected chi connectivity index (χ1v) is 14.8. The third-order valence-corrected chi connectivity index (χ3v) is 15.0. The van der Waals surface area contributed by atoms with E-state index in [2.05, 4.69) is 37.4 Å². The van der Waals surface area contributed by atoms with Crippen molar-refractivity contribution >= 4 is 70.6 Å². The van der Waals surface area contributed by atoms with Crippen LogP contribution in [0.1, 0.15) is 26.7 Å². The summed E-state index contributed by atoms with van der Waals surface area (Å²) in [5.41, 5.74) is 0. The van der Waals surface area contributed by atoms with Crippen LogP contribution in [-0.2, 0) is 0 Å². The quantitative estimate of drug-likeness (QED) is 0.454. The van der Waals surface area contributed by atoms with Gasteiger partial charge in [0.2, 0.25) is 0 Å². The molecule has 2 rings (SSSR count). The molecule has 8 heteroatoms. The first-order valence-electron chi connectivity index (χ1n) is 8.70. The largest absolute Gasteiger partial charge is 0.395 e. The van der Waals surface area contributed by atoms with Crippen LogP contribution in [0.2, 0.25) is 0 Å². The minimum atomic E-state index is 0.328. The standard InChI is InChI=1S/C16H30O2S6/c1-3-13(15-21-9-11(7-17)23-15)19-5-6-20-14(4-2)16-22-10-12(8-18)24-16/h11-18H,3-10H2,1-2H3. The summed E-state index contributed by atoms with van der Waals surface area (Å²) >= 11 is 12.3. The van der Waals surface area contributed by atoms with Crippen molar-refractivity contribution < 1.29 is 10.2 Å². The van der Waals surface area contributed by atoms with Gasteiger partial charge in [-0.1, -0.05) is 13.8 Å². The molecule has 0 saturated carbocycles. The van der Waals surface area contributed by atoms with Crippen molar-refractivity contribution in [3.8, 4) is 0 Å². The summed E-state index contributed by atoms with van der Waals surface area (Å²) in [7, 11) is 0. The molecular formula is C16H30O2S6. The molecule has 0 aromatic rings. The van der Waals surface area contributed by atoms with E-state index in [0.29, 0.717) is 43.4 Å². The molecule has 2 N–H and O–H groups in total. The molecule has 2 fully saturated rings. The minimum Gasteiger partial charge on any atom is -0.395 e. The summed E-state index contributed by atoms with van der Waals surface area (Å²) in [6.45, 7) is 5.26. The van der Waals surface area contributed by atoms with Gasteiger partial charge in [0, 0.05) is 44.0 Å². The van der Waals surface area contributed by atoms with Crippen LogP contribution in [0.5, 0.6) is 0 Å². The number of aliphatic hydroxyl groups excluding tert-OH is 2. The van der Waals surface area contributed by atoms with E-state index in [1.54, 1.807) is 0 Å². The smallest absolute Gasteiger partial charge is 0.0625 e. The SMILES string of the molecule is CCC(SCCSC(CC)C1SCC(CO)S1)C1SCC(CO)S1. The van der Waals surface area contributed by atoms with Gasteiger partial charge >= 0.3 is 0 Å². The minimum absolute atomic E-state index is 0.328. The highest BCUT2D eigenvalue weighted by Gasteiger charge is 2.32. The van der Waals surface area contributed by atoms with E-state index in [0.717, 1.165) is 11.5 Å². The summed E-state index contributed by atoms with van der Waals surface area (Å²) in [4.78, 5) is 0. The lowest BCUT2D eigenvalue weighted by Crippen LogP contribution is -2.18. The van der Waals surface area contributed by atoms with Gasteiger partial charge in [0.05, 0.1) is 22.4 Å². The number of rotatable bonds is 11. The van der Waals surface area contributed by atoms with Crippen molar-refractivity contribution in [2.45, 2.75) is 56.9 Å². The number of hydrogen-bond donors (Lipinski definition) is 2. The van der Waals surface area contributed by atoms with E-state index in [4.69, 9.17) is 0 Å². The maximum absolute atomic E-state index is 9.32. The van der Waals surface area contributed by atoms with Crippen LogP contribution in [-0.4, -0.2) is 76.6 Å². The summed E-state index contributed by atoms with van der Waals surface area (Å²) in [6, 6.07) is 0. The van der Waals surface area contributed by atoms with Crippen molar-refractivity contribution in [3.63, 3.8) is 0 Å². The van der Waals surface area contributed by atoms with Crippen LogP contribution < -0.4 is 0 Å². The zero-order valence-electron chi connectivity index (χ0n) is 14.5. The van der Waals surface area contributed by atoms with Gasteiger partial charge in [-0.05, 0) is 12.8 Å². The van der Waals surface area contributed by atoms with Gasteiger partial charge in [0.15, 0.2) is 0 Å². The van der Waals surface area contributed by atoms with Crippen LogP contribution >= 0.6 is 70.6 Å².